The van der Waals surface area contributed by atoms with Crippen molar-refractivity contribution in [2.45, 2.75) is 71.1 Å². The minimum atomic E-state index is -1.08. The molecule has 0 heterocycles. The average molecular weight is 292 g/mol. The predicted molar refractivity (Wildman–Crippen MR) is 86.0 cm³/mol. The molecule has 0 amide bonds. The standard InChI is InChI=1S/C18H28O3/c1-2-3-4-5-6-7-8-9-10-11-15-12-13-16(18(20)21)17(19)14-15/h12-14,19H,2-11H2,1H3,(H,20,21). The predicted octanol–water partition coefficient (Wildman–Crippen LogP) is 5.16. The lowest BCUT2D eigenvalue weighted by molar-refractivity contribution is 0.0693. The highest BCUT2D eigenvalue weighted by atomic mass is 16.4. The van der Waals surface area contributed by atoms with Crippen LogP contribution in [0, 0.1) is 0 Å². The van der Waals surface area contributed by atoms with Gasteiger partial charge in [0.1, 0.15) is 11.3 Å². The number of hydrogen-bond donors (Lipinski definition) is 2. The molecule has 0 fully saturated rings. The summed E-state index contributed by atoms with van der Waals surface area (Å²) in [6, 6.07) is 4.86. The molecule has 2 N–H and O–H groups in total. The lowest BCUT2D eigenvalue weighted by atomic mass is 10.0. The molecule has 0 aromatic heterocycles. The zero-order chi connectivity index (χ0) is 15.5. The first-order chi connectivity index (χ1) is 10.1. The third-order valence-electron chi connectivity index (χ3n) is 3.86. The summed E-state index contributed by atoms with van der Waals surface area (Å²) in [6.45, 7) is 2.24. The zero-order valence-corrected chi connectivity index (χ0v) is 13.1. The first-order valence-corrected chi connectivity index (χ1v) is 8.20. The van der Waals surface area contributed by atoms with Crippen LogP contribution in [0.1, 0.15) is 80.6 Å². The summed E-state index contributed by atoms with van der Waals surface area (Å²) in [7, 11) is 0. The SMILES string of the molecule is CCCCCCCCCCCc1ccc(C(=O)O)c(O)c1. The van der Waals surface area contributed by atoms with E-state index in [1.807, 2.05) is 0 Å². The van der Waals surface area contributed by atoms with Crippen LogP contribution in [0.25, 0.3) is 0 Å². The summed E-state index contributed by atoms with van der Waals surface area (Å²) in [5.74, 6) is -1.21. The van der Waals surface area contributed by atoms with Gasteiger partial charge in [0, 0.05) is 0 Å². The van der Waals surface area contributed by atoms with Crippen LogP contribution in [0.15, 0.2) is 18.2 Å². The fourth-order valence-electron chi connectivity index (χ4n) is 2.55. The minimum Gasteiger partial charge on any atom is -0.507 e. The quantitative estimate of drug-likeness (QED) is 0.554. The Morgan fingerprint density at radius 3 is 2.05 bits per heavy atom. The molecule has 3 nitrogen and oxygen atoms in total. The van der Waals surface area contributed by atoms with Gasteiger partial charge < -0.3 is 10.2 Å². The van der Waals surface area contributed by atoms with Gasteiger partial charge in [-0.3, -0.25) is 0 Å². The average Bonchev–Trinajstić information content (AvgIpc) is 2.45. The van der Waals surface area contributed by atoms with Crippen molar-refractivity contribution in [3.05, 3.63) is 29.3 Å². The van der Waals surface area contributed by atoms with Gasteiger partial charge in [0.2, 0.25) is 0 Å². The molecule has 0 unspecified atom stereocenters. The lowest BCUT2D eigenvalue weighted by Gasteiger charge is -2.05. The number of carboxylic acid groups (broad SMARTS) is 1. The van der Waals surface area contributed by atoms with Gasteiger partial charge in [-0.05, 0) is 30.5 Å². The third-order valence-corrected chi connectivity index (χ3v) is 3.86. The van der Waals surface area contributed by atoms with Crippen molar-refractivity contribution >= 4 is 5.97 Å². The van der Waals surface area contributed by atoms with E-state index in [2.05, 4.69) is 6.92 Å². The Morgan fingerprint density at radius 1 is 0.952 bits per heavy atom. The Bertz CT molecular complexity index is 426. The molecule has 0 radical (unpaired) electrons. The minimum absolute atomic E-state index is 0.0224. The van der Waals surface area contributed by atoms with E-state index in [-0.39, 0.29) is 11.3 Å². The molecule has 3 heteroatoms. The summed E-state index contributed by atoms with van der Waals surface area (Å²) in [5.41, 5.74) is 0.992. The highest BCUT2D eigenvalue weighted by molar-refractivity contribution is 5.90. The maximum atomic E-state index is 10.8. The van der Waals surface area contributed by atoms with Crippen molar-refractivity contribution in [2.75, 3.05) is 0 Å². The third kappa shape index (κ3) is 7.16. The van der Waals surface area contributed by atoms with Gasteiger partial charge >= 0.3 is 5.97 Å². The molecule has 0 saturated carbocycles. The van der Waals surface area contributed by atoms with E-state index in [1.54, 1.807) is 12.1 Å². The number of carboxylic acids is 1. The van der Waals surface area contributed by atoms with E-state index < -0.39 is 5.97 Å². The second-order valence-corrected chi connectivity index (χ2v) is 5.74. The Hall–Kier alpha value is -1.51. The van der Waals surface area contributed by atoms with Crippen LogP contribution in [-0.4, -0.2) is 16.2 Å². The molecule has 1 rings (SSSR count). The molecule has 0 aliphatic heterocycles. The first kappa shape index (κ1) is 17.5. The second-order valence-electron chi connectivity index (χ2n) is 5.74. The lowest BCUT2D eigenvalue weighted by Crippen LogP contribution is -1.97. The Balaban J connectivity index is 2.13. The highest BCUT2D eigenvalue weighted by Gasteiger charge is 2.09. The fraction of sp³-hybridized carbons (Fsp3) is 0.611. The normalized spacial score (nSPS) is 10.7. The van der Waals surface area contributed by atoms with E-state index in [9.17, 15) is 9.90 Å². The van der Waals surface area contributed by atoms with Gasteiger partial charge in [-0.25, -0.2) is 4.79 Å². The van der Waals surface area contributed by atoms with Crippen LogP contribution in [0.3, 0.4) is 0 Å². The Labute approximate surface area is 128 Å². The van der Waals surface area contributed by atoms with Crippen molar-refractivity contribution in [2.24, 2.45) is 0 Å². The van der Waals surface area contributed by atoms with Crippen molar-refractivity contribution in [3.8, 4) is 5.75 Å². The topological polar surface area (TPSA) is 57.5 Å². The van der Waals surface area contributed by atoms with Gasteiger partial charge in [-0.2, -0.15) is 0 Å². The van der Waals surface area contributed by atoms with Crippen LogP contribution < -0.4 is 0 Å². The van der Waals surface area contributed by atoms with Gasteiger partial charge in [0.25, 0.3) is 0 Å². The van der Waals surface area contributed by atoms with E-state index in [0.29, 0.717) is 0 Å². The number of hydrogen-bond acceptors (Lipinski definition) is 2. The van der Waals surface area contributed by atoms with Gasteiger partial charge in [-0.15, -0.1) is 0 Å². The Morgan fingerprint density at radius 2 is 1.52 bits per heavy atom. The molecule has 118 valence electrons. The maximum Gasteiger partial charge on any atom is 0.339 e. The largest absolute Gasteiger partial charge is 0.507 e. The summed E-state index contributed by atoms with van der Waals surface area (Å²) in [4.78, 5) is 10.8. The maximum absolute atomic E-state index is 10.8. The molecule has 0 aliphatic carbocycles. The van der Waals surface area contributed by atoms with Gasteiger partial charge in [-0.1, -0.05) is 64.4 Å². The zero-order valence-electron chi connectivity index (χ0n) is 13.1. The van der Waals surface area contributed by atoms with Crippen molar-refractivity contribution in [1.29, 1.82) is 0 Å². The number of carbonyl (C=O) groups is 1. The number of benzene rings is 1. The summed E-state index contributed by atoms with van der Waals surface area (Å²) >= 11 is 0. The number of aromatic carboxylic acids is 1. The van der Waals surface area contributed by atoms with Crippen LogP contribution in [0.2, 0.25) is 0 Å². The summed E-state index contributed by atoms with van der Waals surface area (Å²) in [5, 5.41) is 18.5. The molecule has 21 heavy (non-hydrogen) atoms. The summed E-state index contributed by atoms with van der Waals surface area (Å²) in [6.07, 6.45) is 12.5. The molecule has 0 bridgehead atoms. The number of unbranched alkanes of at least 4 members (excludes halogenated alkanes) is 8. The van der Waals surface area contributed by atoms with Gasteiger partial charge in [0.15, 0.2) is 0 Å². The van der Waals surface area contributed by atoms with Crippen LogP contribution in [0.5, 0.6) is 5.75 Å². The van der Waals surface area contributed by atoms with Crippen LogP contribution in [-0.2, 0) is 6.42 Å². The fourth-order valence-corrected chi connectivity index (χ4v) is 2.55. The van der Waals surface area contributed by atoms with E-state index in [0.717, 1.165) is 18.4 Å². The molecule has 1 aromatic carbocycles. The number of aromatic hydroxyl groups is 1. The van der Waals surface area contributed by atoms with Gasteiger partial charge in [0.05, 0.1) is 0 Å². The van der Waals surface area contributed by atoms with E-state index in [4.69, 9.17) is 5.11 Å². The molecule has 1 aromatic rings. The molecule has 0 aliphatic rings. The molecule has 0 spiro atoms. The number of rotatable bonds is 11. The van der Waals surface area contributed by atoms with E-state index in [1.165, 1.54) is 57.4 Å². The monoisotopic (exact) mass is 292 g/mol. The number of phenols is 1. The van der Waals surface area contributed by atoms with Crippen molar-refractivity contribution < 1.29 is 15.0 Å². The smallest absolute Gasteiger partial charge is 0.339 e. The molecule has 0 saturated heterocycles. The molecular weight excluding hydrogens is 264 g/mol. The number of aryl methyl sites for hydroxylation is 1. The summed E-state index contributed by atoms with van der Waals surface area (Å²) < 4.78 is 0. The van der Waals surface area contributed by atoms with Crippen molar-refractivity contribution in [3.63, 3.8) is 0 Å². The Kier molecular flexibility index (Phi) is 8.56. The highest BCUT2D eigenvalue weighted by Crippen LogP contribution is 2.20. The van der Waals surface area contributed by atoms with Crippen LogP contribution in [0.4, 0.5) is 0 Å². The first-order valence-electron chi connectivity index (χ1n) is 8.20. The van der Waals surface area contributed by atoms with Crippen molar-refractivity contribution in [1.82, 2.24) is 0 Å². The second kappa shape index (κ2) is 10.3. The van der Waals surface area contributed by atoms with Crippen LogP contribution >= 0.6 is 0 Å². The molecular formula is C18H28O3. The molecule has 0 atom stereocenters. The van der Waals surface area contributed by atoms with E-state index >= 15 is 0 Å².